The maximum atomic E-state index is 12.6. The predicted octanol–water partition coefficient (Wildman–Crippen LogP) is 4.04. The maximum Gasteiger partial charge on any atom is 0.416 e. The minimum Gasteiger partial charge on any atom is -0.334 e. The van der Waals surface area contributed by atoms with Crippen molar-refractivity contribution in [3.63, 3.8) is 0 Å². The van der Waals surface area contributed by atoms with Gasteiger partial charge >= 0.3 is 6.18 Å². The molecule has 1 heterocycles. The van der Waals surface area contributed by atoms with E-state index in [1.807, 2.05) is 6.92 Å². The lowest BCUT2D eigenvalue weighted by molar-refractivity contribution is -0.137. The number of hydrogen-bond donors (Lipinski definition) is 0. The minimum absolute atomic E-state index is 0.0483. The Balaban J connectivity index is 1.80. The third-order valence-corrected chi connectivity index (χ3v) is 5.26. The van der Waals surface area contributed by atoms with Gasteiger partial charge in [0.15, 0.2) is 15.7 Å². The van der Waals surface area contributed by atoms with E-state index in [1.54, 1.807) is 12.1 Å². The first-order valence-electron chi connectivity index (χ1n) is 7.45. The highest BCUT2D eigenvalue weighted by atomic mass is 32.2. The SMILES string of the molecule is Cc1ccc(S(=O)(=O)Cc2noc(-c3ccc(C(F)(F)F)cc3)n2)cc1. The van der Waals surface area contributed by atoms with Gasteiger partial charge in [0.1, 0.15) is 5.75 Å². The van der Waals surface area contributed by atoms with Crippen LogP contribution in [0.5, 0.6) is 0 Å². The van der Waals surface area contributed by atoms with E-state index in [2.05, 4.69) is 10.1 Å². The number of aryl methyl sites for hydroxylation is 1. The molecule has 0 N–H and O–H groups in total. The summed E-state index contributed by atoms with van der Waals surface area (Å²) in [6.45, 7) is 1.84. The molecule has 9 heteroatoms. The van der Waals surface area contributed by atoms with Gasteiger partial charge in [-0.2, -0.15) is 18.2 Å². The van der Waals surface area contributed by atoms with Crippen molar-refractivity contribution in [3.8, 4) is 11.5 Å². The zero-order valence-electron chi connectivity index (χ0n) is 13.5. The molecule has 0 unspecified atom stereocenters. The summed E-state index contributed by atoms with van der Waals surface area (Å²) < 4.78 is 67.4. The number of sulfone groups is 1. The van der Waals surface area contributed by atoms with Crippen LogP contribution in [0.3, 0.4) is 0 Å². The van der Waals surface area contributed by atoms with E-state index in [0.29, 0.717) is 0 Å². The molecule has 0 radical (unpaired) electrons. The Morgan fingerprint density at radius 1 is 1.00 bits per heavy atom. The molecule has 26 heavy (non-hydrogen) atoms. The smallest absolute Gasteiger partial charge is 0.334 e. The molecule has 2 aromatic carbocycles. The van der Waals surface area contributed by atoms with Crippen LogP contribution < -0.4 is 0 Å². The molecule has 3 rings (SSSR count). The van der Waals surface area contributed by atoms with Crippen LogP contribution in [-0.4, -0.2) is 18.6 Å². The van der Waals surface area contributed by atoms with E-state index in [0.717, 1.165) is 17.7 Å². The Hall–Kier alpha value is -2.68. The van der Waals surface area contributed by atoms with Crippen LogP contribution in [-0.2, 0) is 21.8 Å². The van der Waals surface area contributed by atoms with Crippen molar-refractivity contribution in [2.24, 2.45) is 0 Å². The third kappa shape index (κ3) is 3.93. The lowest BCUT2D eigenvalue weighted by atomic mass is 10.1. The molecule has 0 saturated carbocycles. The molecular formula is C17H13F3N2O3S. The van der Waals surface area contributed by atoms with E-state index in [4.69, 9.17) is 4.52 Å². The summed E-state index contributed by atoms with van der Waals surface area (Å²) in [5.74, 6) is -0.589. The van der Waals surface area contributed by atoms with Gasteiger partial charge in [-0.3, -0.25) is 0 Å². The van der Waals surface area contributed by atoms with Gasteiger partial charge in [0.25, 0.3) is 5.89 Å². The summed E-state index contributed by atoms with van der Waals surface area (Å²) in [5.41, 5.74) is 0.389. The van der Waals surface area contributed by atoms with Gasteiger partial charge in [0, 0.05) is 5.56 Å². The van der Waals surface area contributed by atoms with Crippen molar-refractivity contribution in [3.05, 3.63) is 65.5 Å². The molecule has 3 aromatic rings. The number of benzene rings is 2. The first-order chi connectivity index (χ1) is 12.1. The van der Waals surface area contributed by atoms with Gasteiger partial charge in [0.05, 0.1) is 10.5 Å². The molecule has 0 aliphatic heterocycles. The van der Waals surface area contributed by atoms with Gasteiger partial charge < -0.3 is 4.52 Å². The summed E-state index contributed by atoms with van der Waals surface area (Å²) in [7, 11) is -3.66. The third-order valence-electron chi connectivity index (χ3n) is 3.63. The van der Waals surface area contributed by atoms with Crippen molar-refractivity contribution in [2.45, 2.75) is 23.7 Å². The van der Waals surface area contributed by atoms with Gasteiger partial charge in [-0.1, -0.05) is 22.9 Å². The molecule has 5 nitrogen and oxygen atoms in total. The normalized spacial score (nSPS) is 12.3. The van der Waals surface area contributed by atoms with Crippen molar-refractivity contribution < 1.29 is 26.1 Å². The first kappa shape index (κ1) is 18.1. The molecule has 0 aliphatic rings. The highest BCUT2D eigenvalue weighted by molar-refractivity contribution is 7.90. The summed E-state index contributed by atoms with van der Waals surface area (Å²) in [6, 6.07) is 10.5. The molecule has 0 saturated heterocycles. The number of aromatic nitrogens is 2. The molecular weight excluding hydrogens is 369 g/mol. The lowest BCUT2D eigenvalue weighted by Crippen LogP contribution is -2.06. The monoisotopic (exact) mass is 382 g/mol. The van der Waals surface area contributed by atoms with Crippen LogP contribution in [0.1, 0.15) is 17.0 Å². The fourth-order valence-electron chi connectivity index (χ4n) is 2.23. The largest absolute Gasteiger partial charge is 0.416 e. The molecule has 0 bridgehead atoms. The van der Waals surface area contributed by atoms with E-state index < -0.39 is 27.3 Å². The van der Waals surface area contributed by atoms with Crippen molar-refractivity contribution in [1.82, 2.24) is 10.1 Å². The van der Waals surface area contributed by atoms with Crippen molar-refractivity contribution >= 4 is 9.84 Å². The number of hydrogen-bond acceptors (Lipinski definition) is 5. The Labute approximate surface area is 147 Å². The number of rotatable bonds is 4. The van der Waals surface area contributed by atoms with Crippen LogP contribution in [0.2, 0.25) is 0 Å². The second kappa shape index (κ2) is 6.56. The van der Waals surface area contributed by atoms with Crippen LogP contribution in [0, 0.1) is 6.92 Å². The second-order valence-electron chi connectivity index (χ2n) is 5.66. The average molecular weight is 382 g/mol. The molecule has 1 aromatic heterocycles. The van der Waals surface area contributed by atoms with E-state index in [1.165, 1.54) is 24.3 Å². The van der Waals surface area contributed by atoms with Crippen molar-refractivity contribution in [2.75, 3.05) is 0 Å². The highest BCUT2D eigenvalue weighted by Crippen LogP contribution is 2.30. The van der Waals surface area contributed by atoms with E-state index in [-0.39, 0.29) is 22.2 Å². The van der Waals surface area contributed by atoms with Gasteiger partial charge in [0.2, 0.25) is 0 Å². The van der Waals surface area contributed by atoms with Crippen molar-refractivity contribution in [1.29, 1.82) is 0 Å². The Kier molecular flexibility index (Phi) is 4.57. The molecule has 0 fully saturated rings. The Bertz CT molecular complexity index is 1010. The topological polar surface area (TPSA) is 73.1 Å². The van der Waals surface area contributed by atoms with Crippen LogP contribution >= 0.6 is 0 Å². The summed E-state index contributed by atoms with van der Waals surface area (Å²) >= 11 is 0. The Morgan fingerprint density at radius 3 is 2.19 bits per heavy atom. The van der Waals surface area contributed by atoms with Crippen LogP contribution in [0.25, 0.3) is 11.5 Å². The molecule has 0 amide bonds. The lowest BCUT2D eigenvalue weighted by Gasteiger charge is -2.05. The quantitative estimate of drug-likeness (QED) is 0.681. The number of halogens is 3. The van der Waals surface area contributed by atoms with E-state index in [9.17, 15) is 21.6 Å². The highest BCUT2D eigenvalue weighted by Gasteiger charge is 2.30. The summed E-state index contributed by atoms with van der Waals surface area (Å²) in [5, 5.41) is 3.60. The summed E-state index contributed by atoms with van der Waals surface area (Å²) in [4.78, 5) is 4.09. The number of nitrogens with zero attached hydrogens (tertiary/aromatic N) is 2. The molecule has 136 valence electrons. The average Bonchev–Trinajstić information content (AvgIpc) is 3.02. The zero-order valence-corrected chi connectivity index (χ0v) is 14.3. The summed E-state index contributed by atoms with van der Waals surface area (Å²) in [6.07, 6.45) is -4.44. The predicted molar refractivity (Wildman–Crippen MR) is 86.8 cm³/mol. The molecule has 0 atom stereocenters. The van der Waals surface area contributed by atoms with Crippen LogP contribution in [0.4, 0.5) is 13.2 Å². The molecule has 0 spiro atoms. The fraction of sp³-hybridized carbons (Fsp3) is 0.176. The molecule has 0 aliphatic carbocycles. The van der Waals surface area contributed by atoms with Gasteiger partial charge in [-0.15, -0.1) is 0 Å². The standard InChI is InChI=1S/C17H13F3N2O3S/c1-11-2-8-14(9-3-11)26(23,24)10-15-21-16(25-22-15)12-4-6-13(7-5-12)17(18,19)20/h2-9H,10H2,1H3. The fourth-order valence-corrected chi connectivity index (χ4v) is 3.41. The Morgan fingerprint density at radius 2 is 1.62 bits per heavy atom. The zero-order chi connectivity index (χ0) is 18.9. The van der Waals surface area contributed by atoms with Gasteiger partial charge in [-0.25, -0.2) is 8.42 Å². The van der Waals surface area contributed by atoms with Crippen LogP contribution in [0.15, 0.2) is 57.9 Å². The van der Waals surface area contributed by atoms with Gasteiger partial charge in [-0.05, 0) is 43.3 Å². The second-order valence-corrected chi connectivity index (χ2v) is 7.65. The minimum atomic E-state index is -4.44. The number of alkyl halides is 3. The van der Waals surface area contributed by atoms with E-state index >= 15 is 0 Å². The maximum absolute atomic E-state index is 12.6. The first-order valence-corrected chi connectivity index (χ1v) is 9.10.